The molecule has 6 heteroatoms. The highest BCUT2D eigenvalue weighted by Crippen LogP contribution is 2.27. The van der Waals surface area contributed by atoms with Crippen LogP contribution < -0.4 is 10.6 Å². The van der Waals surface area contributed by atoms with Gasteiger partial charge < -0.3 is 20.5 Å². The number of guanidine groups is 1. The molecule has 0 bridgehead atoms. The first-order valence-electron chi connectivity index (χ1n) is 9.83. The minimum atomic E-state index is -0.611. The summed E-state index contributed by atoms with van der Waals surface area (Å²) in [6, 6.07) is 14.2. The average molecular weight is 404 g/mol. The maximum absolute atomic E-state index is 10.3. The van der Waals surface area contributed by atoms with Crippen molar-refractivity contribution in [3.05, 3.63) is 58.3 Å². The fourth-order valence-electron chi connectivity index (χ4n) is 2.71. The molecule has 0 spiro atoms. The third-order valence-electron chi connectivity index (χ3n) is 4.48. The van der Waals surface area contributed by atoms with Crippen molar-refractivity contribution in [1.29, 1.82) is 0 Å². The standard InChI is InChI=1S/C22H33N3O2S/c1-5-23-21(25-16-22(3,4)20-12-9-13-28-20)24-14-19(26)15-27-17(2)18-10-7-6-8-11-18/h6-13,17,19,26H,5,14-16H2,1-4H3,(H2,23,24,25). The van der Waals surface area contributed by atoms with E-state index < -0.39 is 6.10 Å². The molecule has 5 nitrogen and oxygen atoms in total. The number of nitrogens with one attached hydrogen (secondary N) is 2. The van der Waals surface area contributed by atoms with Crippen molar-refractivity contribution in [3.8, 4) is 0 Å². The fourth-order valence-corrected chi connectivity index (χ4v) is 3.55. The van der Waals surface area contributed by atoms with Gasteiger partial charge in [-0.15, -0.1) is 11.3 Å². The van der Waals surface area contributed by atoms with E-state index in [-0.39, 0.29) is 18.1 Å². The van der Waals surface area contributed by atoms with E-state index in [0.29, 0.717) is 19.0 Å². The number of benzene rings is 1. The van der Waals surface area contributed by atoms with Crippen LogP contribution in [0.3, 0.4) is 0 Å². The van der Waals surface area contributed by atoms with Crippen molar-refractivity contribution in [2.75, 3.05) is 26.2 Å². The molecule has 0 amide bonds. The molecule has 2 rings (SSSR count). The van der Waals surface area contributed by atoms with Gasteiger partial charge in [0.2, 0.25) is 0 Å². The highest BCUT2D eigenvalue weighted by molar-refractivity contribution is 7.10. The van der Waals surface area contributed by atoms with Gasteiger partial charge in [0.25, 0.3) is 0 Å². The van der Waals surface area contributed by atoms with Gasteiger partial charge in [-0.05, 0) is 30.9 Å². The van der Waals surface area contributed by atoms with Gasteiger partial charge in [0.15, 0.2) is 5.96 Å². The zero-order valence-electron chi connectivity index (χ0n) is 17.3. The zero-order chi connectivity index (χ0) is 20.4. The monoisotopic (exact) mass is 403 g/mol. The van der Waals surface area contributed by atoms with Gasteiger partial charge in [-0.1, -0.05) is 50.2 Å². The molecule has 0 aliphatic heterocycles. The van der Waals surface area contributed by atoms with E-state index in [4.69, 9.17) is 9.73 Å². The molecule has 1 aromatic heterocycles. The summed E-state index contributed by atoms with van der Waals surface area (Å²) in [5.74, 6) is 0.710. The molecule has 0 radical (unpaired) electrons. The largest absolute Gasteiger partial charge is 0.389 e. The second-order valence-electron chi connectivity index (χ2n) is 7.48. The number of hydrogen-bond acceptors (Lipinski definition) is 4. The predicted molar refractivity (Wildman–Crippen MR) is 118 cm³/mol. The summed E-state index contributed by atoms with van der Waals surface area (Å²) >= 11 is 1.75. The van der Waals surface area contributed by atoms with Crippen molar-refractivity contribution in [2.45, 2.75) is 45.3 Å². The van der Waals surface area contributed by atoms with Crippen LogP contribution in [0, 0.1) is 0 Å². The molecule has 1 heterocycles. The Morgan fingerprint density at radius 2 is 1.93 bits per heavy atom. The smallest absolute Gasteiger partial charge is 0.191 e. The van der Waals surface area contributed by atoms with Gasteiger partial charge in [0.05, 0.1) is 25.4 Å². The van der Waals surface area contributed by atoms with E-state index in [1.165, 1.54) is 4.88 Å². The maximum Gasteiger partial charge on any atom is 0.191 e. The minimum Gasteiger partial charge on any atom is -0.389 e. The van der Waals surface area contributed by atoms with Crippen molar-refractivity contribution in [2.24, 2.45) is 4.99 Å². The highest BCUT2D eigenvalue weighted by Gasteiger charge is 2.21. The van der Waals surface area contributed by atoms with Crippen LogP contribution in [-0.4, -0.2) is 43.4 Å². The molecule has 2 aromatic rings. The number of hydrogen-bond donors (Lipinski definition) is 3. The summed E-state index contributed by atoms with van der Waals surface area (Å²) in [6.07, 6.45) is -0.662. The van der Waals surface area contributed by atoms with E-state index in [9.17, 15) is 5.11 Å². The molecule has 0 saturated carbocycles. The zero-order valence-corrected chi connectivity index (χ0v) is 18.1. The van der Waals surface area contributed by atoms with Crippen LogP contribution in [0.1, 0.15) is 44.2 Å². The van der Waals surface area contributed by atoms with Crippen LogP contribution in [0.4, 0.5) is 0 Å². The Hall–Kier alpha value is -1.89. The molecule has 0 aliphatic rings. The lowest BCUT2D eigenvalue weighted by Gasteiger charge is -2.22. The Morgan fingerprint density at radius 1 is 1.18 bits per heavy atom. The van der Waals surface area contributed by atoms with E-state index >= 15 is 0 Å². The summed E-state index contributed by atoms with van der Waals surface area (Å²) in [5, 5.41) is 18.8. The van der Waals surface area contributed by atoms with Gasteiger partial charge in [-0.25, -0.2) is 0 Å². The van der Waals surface area contributed by atoms with Gasteiger partial charge in [-0.2, -0.15) is 0 Å². The molecule has 28 heavy (non-hydrogen) atoms. The molecule has 2 atom stereocenters. The Morgan fingerprint density at radius 3 is 2.57 bits per heavy atom. The normalized spacial score (nSPS) is 14.5. The molecule has 3 N–H and O–H groups in total. The molecule has 0 aliphatic carbocycles. The van der Waals surface area contributed by atoms with E-state index in [1.54, 1.807) is 11.3 Å². The summed E-state index contributed by atoms with van der Waals surface area (Å²) in [5.41, 5.74) is 1.08. The van der Waals surface area contributed by atoms with Crippen molar-refractivity contribution in [1.82, 2.24) is 10.6 Å². The summed E-state index contributed by atoms with van der Waals surface area (Å²) in [4.78, 5) is 6.02. The summed E-state index contributed by atoms with van der Waals surface area (Å²) in [7, 11) is 0. The molecule has 154 valence electrons. The van der Waals surface area contributed by atoms with Gasteiger partial charge in [-0.3, -0.25) is 4.99 Å². The maximum atomic E-state index is 10.3. The second-order valence-corrected chi connectivity index (χ2v) is 8.43. The third kappa shape index (κ3) is 7.26. The number of aliphatic hydroxyl groups excluding tert-OH is 1. The van der Waals surface area contributed by atoms with E-state index in [1.807, 2.05) is 44.2 Å². The molecule has 1 aromatic carbocycles. The van der Waals surface area contributed by atoms with Crippen molar-refractivity contribution < 1.29 is 9.84 Å². The Labute approximate surface area is 172 Å². The fraction of sp³-hybridized carbons (Fsp3) is 0.500. The molecule has 2 unspecified atom stereocenters. The van der Waals surface area contributed by atoms with Crippen molar-refractivity contribution in [3.63, 3.8) is 0 Å². The van der Waals surface area contributed by atoms with Crippen LogP contribution >= 0.6 is 11.3 Å². The topological polar surface area (TPSA) is 65.9 Å². The van der Waals surface area contributed by atoms with Crippen LogP contribution in [0.25, 0.3) is 0 Å². The lowest BCUT2D eigenvalue weighted by molar-refractivity contribution is -0.000600. The first kappa shape index (κ1) is 22.4. The van der Waals surface area contributed by atoms with Crippen LogP contribution in [0.5, 0.6) is 0 Å². The second kappa shape index (κ2) is 11.2. The van der Waals surface area contributed by atoms with Gasteiger partial charge in [0, 0.05) is 23.4 Å². The molecular weight excluding hydrogens is 370 g/mol. The van der Waals surface area contributed by atoms with Gasteiger partial charge >= 0.3 is 0 Å². The number of thiophene rings is 1. The highest BCUT2D eigenvalue weighted by atomic mass is 32.1. The molecular formula is C22H33N3O2S. The Kier molecular flexibility index (Phi) is 8.96. The molecule has 0 fully saturated rings. The van der Waals surface area contributed by atoms with Crippen LogP contribution in [-0.2, 0) is 10.2 Å². The number of ether oxygens (including phenoxy) is 1. The summed E-state index contributed by atoms with van der Waals surface area (Å²) in [6.45, 7) is 10.5. The lowest BCUT2D eigenvalue weighted by atomic mass is 9.92. The number of rotatable bonds is 10. The SMILES string of the molecule is CCNC(=NCC(C)(C)c1cccs1)NCC(O)COC(C)c1ccccc1. The summed E-state index contributed by atoms with van der Waals surface area (Å²) < 4.78 is 5.80. The van der Waals surface area contributed by atoms with E-state index in [2.05, 4.69) is 42.0 Å². The first-order valence-corrected chi connectivity index (χ1v) is 10.7. The van der Waals surface area contributed by atoms with Crippen molar-refractivity contribution >= 4 is 17.3 Å². The Balaban J connectivity index is 1.81. The Bertz CT molecular complexity index is 702. The minimum absolute atomic E-state index is 0.0244. The molecule has 0 saturated heterocycles. The average Bonchev–Trinajstić information content (AvgIpc) is 3.25. The number of nitrogens with zero attached hydrogens (tertiary/aromatic N) is 1. The van der Waals surface area contributed by atoms with Crippen LogP contribution in [0.2, 0.25) is 0 Å². The third-order valence-corrected chi connectivity index (χ3v) is 5.71. The first-order chi connectivity index (χ1) is 13.4. The lowest BCUT2D eigenvalue weighted by Crippen LogP contribution is -2.43. The number of aliphatic imine (C=N–C) groups is 1. The van der Waals surface area contributed by atoms with Gasteiger partial charge in [0.1, 0.15) is 0 Å². The predicted octanol–water partition coefficient (Wildman–Crippen LogP) is 3.72. The quantitative estimate of drug-likeness (QED) is 0.418. The van der Waals surface area contributed by atoms with E-state index in [0.717, 1.165) is 12.1 Å². The number of aliphatic hydroxyl groups is 1. The van der Waals surface area contributed by atoms with Crippen LogP contribution in [0.15, 0.2) is 52.8 Å².